The van der Waals surface area contributed by atoms with E-state index >= 15 is 0 Å². The number of fused-ring (bicyclic) bond motifs is 3. The molecule has 0 aliphatic heterocycles. The topological polar surface area (TPSA) is 97.7 Å². The Morgan fingerprint density at radius 1 is 1.00 bits per heavy atom. The van der Waals surface area contributed by atoms with E-state index in [4.69, 9.17) is 5.11 Å². The predicted octanol–water partition coefficient (Wildman–Crippen LogP) is 2.99. The summed E-state index contributed by atoms with van der Waals surface area (Å²) in [6.45, 7) is -1.97. The minimum atomic E-state index is -5.69. The van der Waals surface area contributed by atoms with Gasteiger partial charge in [-0.2, -0.15) is 13.3 Å². The van der Waals surface area contributed by atoms with Crippen LogP contribution in [0, 0.1) is 0 Å². The van der Waals surface area contributed by atoms with Gasteiger partial charge in [-0.15, -0.1) is 0 Å². The molecular weight excluding hydrogens is 350 g/mol. The molecule has 0 aliphatic rings. The summed E-state index contributed by atoms with van der Waals surface area (Å²) >= 11 is 0. The highest BCUT2D eigenvalue weighted by Crippen LogP contribution is 2.39. The second kappa shape index (κ2) is 6.46. The SMILES string of the molecule is O=S(=O)([O-])C(F)(F)CO.O[s+]1c2ccccc2c2ccccc21. The molecule has 9 heteroatoms. The Morgan fingerprint density at radius 2 is 1.39 bits per heavy atom. The van der Waals surface area contributed by atoms with Crippen LogP contribution in [0.25, 0.3) is 20.2 Å². The molecule has 1 aromatic heterocycles. The van der Waals surface area contributed by atoms with Crippen LogP contribution in [0.5, 0.6) is 0 Å². The maximum Gasteiger partial charge on any atom is 0.356 e. The largest absolute Gasteiger partial charge is 0.743 e. The van der Waals surface area contributed by atoms with Crippen molar-refractivity contribution in [1.29, 1.82) is 0 Å². The molecule has 0 amide bonds. The first-order valence-electron chi connectivity index (χ1n) is 6.25. The number of aliphatic hydroxyl groups excluding tert-OH is 1. The van der Waals surface area contributed by atoms with Gasteiger partial charge in [0.2, 0.25) is 9.40 Å². The van der Waals surface area contributed by atoms with Crippen molar-refractivity contribution in [3.63, 3.8) is 0 Å². The zero-order chi connectivity index (χ0) is 17.3. The molecule has 0 saturated carbocycles. The fourth-order valence-electron chi connectivity index (χ4n) is 1.91. The van der Waals surface area contributed by atoms with Gasteiger partial charge < -0.3 is 9.66 Å². The summed E-state index contributed by atoms with van der Waals surface area (Å²) in [6, 6.07) is 16.1. The smallest absolute Gasteiger partial charge is 0.356 e. The molecule has 124 valence electrons. The summed E-state index contributed by atoms with van der Waals surface area (Å²) in [5, 5.41) is 5.40. The fraction of sp³-hybridized carbons (Fsp3) is 0.143. The fourth-order valence-corrected chi connectivity index (χ4v) is 3.50. The van der Waals surface area contributed by atoms with Crippen LogP contribution in [0.4, 0.5) is 8.78 Å². The lowest BCUT2D eigenvalue weighted by molar-refractivity contribution is 0.0179. The highest BCUT2D eigenvalue weighted by molar-refractivity contribution is 7.86. The first kappa shape index (κ1) is 17.7. The quantitative estimate of drug-likeness (QED) is 0.539. The third-order valence-electron chi connectivity index (χ3n) is 3.03. The number of aliphatic hydroxyl groups is 1. The average Bonchev–Trinajstić information content (AvgIpc) is 2.81. The molecule has 5 nitrogen and oxygen atoms in total. The van der Waals surface area contributed by atoms with Gasteiger partial charge in [-0.1, -0.05) is 24.3 Å². The predicted molar refractivity (Wildman–Crippen MR) is 83.0 cm³/mol. The van der Waals surface area contributed by atoms with Crippen LogP contribution in [-0.4, -0.2) is 34.5 Å². The Bertz CT molecular complexity index is 881. The van der Waals surface area contributed by atoms with Crippen LogP contribution in [0.1, 0.15) is 0 Å². The van der Waals surface area contributed by atoms with Crippen LogP contribution < -0.4 is 0 Å². The van der Waals surface area contributed by atoms with Crippen molar-refractivity contribution in [1.82, 2.24) is 0 Å². The summed E-state index contributed by atoms with van der Waals surface area (Å²) in [4.78, 5) is 0. The monoisotopic (exact) mass is 362 g/mol. The van der Waals surface area contributed by atoms with Gasteiger partial charge in [0, 0.05) is 12.1 Å². The number of rotatable bonds is 2. The maximum atomic E-state index is 11.5. The highest BCUT2D eigenvalue weighted by Gasteiger charge is 2.36. The standard InChI is InChI=1S/C12H9OS.C2H4F2O4S/c13-14-11-7-3-1-5-9(11)10-6-2-4-8-12(10)14;3-2(4,1-5)9(6,7)8/h1-8,13H;5H,1H2,(H,6,7,8)/q+1;/p-1. The van der Waals surface area contributed by atoms with Gasteiger partial charge in [-0.25, -0.2) is 8.42 Å². The first-order valence-corrected chi connectivity index (χ1v) is 8.84. The van der Waals surface area contributed by atoms with E-state index in [0.29, 0.717) is 0 Å². The van der Waals surface area contributed by atoms with Gasteiger partial charge in [0.1, 0.15) is 6.61 Å². The molecule has 0 atom stereocenters. The minimum absolute atomic E-state index is 0.723. The summed E-state index contributed by atoms with van der Waals surface area (Å²) in [5.41, 5.74) is 0. The van der Waals surface area contributed by atoms with Crippen molar-refractivity contribution < 1.29 is 31.4 Å². The molecule has 0 fully saturated rings. The van der Waals surface area contributed by atoms with Crippen molar-refractivity contribution >= 4 is 41.0 Å². The van der Waals surface area contributed by atoms with Crippen molar-refractivity contribution in [2.24, 2.45) is 0 Å². The van der Waals surface area contributed by atoms with Gasteiger partial charge in [-0.05, 0) is 12.1 Å². The van der Waals surface area contributed by atoms with Gasteiger partial charge in [0.05, 0.1) is 10.8 Å². The molecule has 0 radical (unpaired) electrons. The molecular formula is C14H12F2O5S2. The lowest BCUT2D eigenvalue weighted by Gasteiger charge is -2.16. The van der Waals surface area contributed by atoms with E-state index in [1.165, 1.54) is 10.8 Å². The molecule has 0 bridgehead atoms. The van der Waals surface area contributed by atoms with Gasteiger partial charge in [-0.3, -0.25) is 0 Å². The molecule has 0 spiro atoms. The third-order valence-corrected chi connectivity index (χ3v) is 5.44. The molecule has 0 saturated heterocycles. The van der Waals surface area contributed by atoms with E-state index in [0.717, 1.165) is 9.40 Å². The van der Waals surface area contributed by atoms with Crippen LogP contribution in [0.3, 0.4) is 0 Å². The molecule has 23 heavy (non-hydrogen) atoms. The molecule has 0 aliphatic carbocycles. The maximum absolute atomic E-state index is 11.5. The Hall–Kier alpha value is -1.65. The number of alkyl halides is 2. The van der Waals surface area contributed by atoms with Crippen molar-refractivity contribution in [3.8, 4) is 0 Å². The van der Waals surface area contributed by atoms with E-state index in [1.54, 1.807) is 0 Å². The molecule has 1 heterocycles. The van der Waals surface area contributed by atoms with E-state index < -0.39 is 32.7 Å². The van der Waals surface area contributed by atoms with Crippen LogP contribution in [0.2, 0.25) is 0 Å². The number of thiophene rings is 1. The highest BCUT2D eigenvalue weighted by atomic mass is 32.2. The van der Waals surface area contributed by atoms with Gasteiger partial charge >= 0.3 is 5.25 Å². The Balaban J connectivity index is 0.000000188. The van der Waals surface area contributed by atoms with Gasteiger partial charge in [0.15, 0.2) is 20.9 Å². The molecule has 0 unspecified atom stereocenters. The summed E-state index contributed by atoms with van der Waals surface area (Å²) in [7, 11) is -6.41. The third kappa shape index (κ3) is 3.48. The van der Waals surface area contributed by atoms with Crippen molar-refractivity contribution in [2.45, 2.75) is 5.25 Å². The number of hydrogen-bond donors (Lipinski definition) is 2. The Morgan fingerprint density at radius 3 is 1.70 bits per heavy atom. The van der Waals surface area contributed by atoms with E-state index in [9.17, 15) is 26.3 Å². The van der Waals surface area contributed by atoms with Crippen LogP contribution in [-0.2, 0) is 10.1 Å². The van der Waals surface area contributed by atoms with Crippen molar-refractivity contribution in [2.75, 3.05) is 6.61 Å². The minimum Gasteiger partial charge on any atom is -0.743 e. The zero-order valence-corrected chi connectivity index (χ0v) is 13.2. The van der Waals surface area contributed by atoms with Crippen molar-refractivity contribution in [3.05, 3.63) is 48.5 Å². The van der Waals surface area contributed by atoms with E-state index in [-0.39, 0.29) is 0 Å². The van der Waals surface area contributed by atoms with Crippen LogP contribution >= 0.6 is 10.8 Å². The average molecular weight is 362 g/mol. The number of benzene rings is 2. The normalized spacial score (nSPS) is 12.2. The summed E-state index contributed by atoms with van der Waals surface area (Å²) in [6.07, 6.45) is 0. The number of hydrogen-bond acceptors (Lipinski definition) is 5. The van der Waals surface area contributed by atoms with Crippen LogP contribution in [0.15, 0.2) is 48.5 Å². The first-order chi connectivity index (χ1) is 10.7. The zero-order valence-electron chi connectivity index (χ0n) is 11.5. The Labute approximate surface area is 133 Å². The van der Waals surface area contributed by atoms with Gasteiger partial charge in [0.25, 0.3) is 0 Å². The Kier molecular flexibility index (Phi) is 4.97. The molecule has 2 aromatic carbocycles. The lowest BCUT2D eigenvalue weighted by Crippen LogP contribution is -2.32. The van der Waals surface area contributed by atoms with E-state index in [2.05, 4.69) is 12.1 Å². The van der Waals surface area contributed by atoms with E-state index in [1.807, 2.05) is 36.4 Å². The second-order valence-electron chi connectivity index (χ2n) is 4.53. The molecule has 2 N–H and O–H groups in total. The number of halogens is 2. The lowest BCUT2D eigenvalue weighted by atomic mass is 10.2. The molecule has 3 rings (SSSR count). The summed E-state index contributed by atoms with van der Waals surface area (Å²) < 4.78 is 63.4. The summed E-state index contributed by atoms with van der Waals surface area (Å²) in [5.74, 6) is 0. The molecule has 3 aromatic rings. The second-order valence-corrected chi connectivity index (χ2v) is 7.48.